The Labute approximate surface area is 118 Å². The van der Waals surface area contributed by atoms with E-state index >= 15 is 0 Å². The molecule has 0 aliphatic carbocycles. The fourth-order valence-corrected chi connectivity index (χ4v) is 2.10. The molecule has 0 aliphatic heterocycles. The van der Waals surface area contributed by atoms with Gasteiger partial charge in [-0.05, 0) is 26.0 Å². The quantitative estimate of drug-likeness (QED) is 0.855. The van der Waals surface area contributed by atoms with E-state index in [-0.39, 0.29) is 11.9 Å². The summed E-state index contributed by atoms with van der Waals surface area (Å²) in [4.78, 5) is 18.6. The van der Waals surface area contributed by atoms with Crippen LogP contribution in [0.5, 0.6) is 0 Å². The minimum Gasteiger partial charge on any atom is -0.334 e. The lowest BCUT2D eigenvalue weighted by Crippen LogP contribution is -2.38. The van der Waals surface area contributed by atoms with Crippen molar-refractivity contribution in [1.82, 2.24) is 9.88 Å². The first-order valence-electron chi connectivity index (χ1n) is 6.67. The van der Waals surface area contributed by atoms with Crippen molar-refractivity contribution in [1.29, 1.82) is 5.26 Å². The number of amides is 1. The summed E-state index contributed by atoms with van der Waals surface area (Å²) in [6, 6.07) is 13.5. The molecule has 0 atom stereocenters. The van der Waals surface area contributed by atoms with E-state index in [1.807, 2.05) is 44.2 Å². The smallest absolute Gasteiger partial charge is 0.272 e. The number of pyridine rings is 1. The van der Waals surface area contributed by atoms with Crippen molar-refractivity contribution in [2.45, 2.75) is 26.3 Å². The van der Waals surface area contributed by atoms with Crippen molar-refractivity contribution in [2.75, 3.05) is 6.54 Å². The van der Waals surface area contributed by atoms with Gasteiger partial charge in [-0.2, -0.15) is 5.26 Å². The molecule has 1 aromatic carbocycles. The Kier molecular flexibility index (Phi) is 4.31. The SMILES string of the molecule is CC(C)N(CCC#N)C(=O)c1ccc2ccccc2n1. The van der Waals surface area contributed by atoms with Gasteiger partial charge in [-0.25, -0.2) is 4.98 Å². The summed E-state index contributed by atoms with van der Waals surface area (Å²) in [5, 5.41) is 9.70. The number of benzene rings is 1. The summed E-state index contributed by atoms with van der Waals surface area (Å²) in [5.41, 5.74) is 1.23. The van der Waals surface area contributed by atoms with Crippen LogP contribution in [-0.4, -0.2) is 28.4 Å². The molecular weight excluding hydrogens is 250 g/mol. The third-order valence-corrected chi connectivity index (χ3v) is 3.17. The molecule has 4 heteroatoms. The number of carbonyl (C=O) groups excluding carboxylic acids is 1. The van der Waals surface area contributed by atoms with Gasteiger partial charge in [0.15, 0.2) is 0 Å². The first-order chi connectivity index (χ1) is 9.63. The maximum atomic E-state index is 12.5. The first kappa shape index (κ1) is 14.0. The molecule has 4 nitrogen and oxygen atoms in total. The lowest BCUT2D eigenvalue weighted by molar-refractivity contribution is 0.0704. The van der Waals surface area contributed by atoms with E-state index in [4.69, 9.17) is 5.26 Å². The normalized spacial score (nSPS) is 10.5. The lowest BCUT2D eigenvalue weighted by Gasteiger charge is -2.25. The van der Waals surface area contributed by atoms with E-state index in [1.165, 1.54) is 0 Å². The van der Waals surface area contributed by atoms with Crippen LogP contribution in [0.1, 0.15) is 30.8 Å². The molecule has 0 radical (unpaired) electrons. The molecule has 20 heavy (non-hydrogen) atoms. The van der Waals surface area contributed by atoms with Crippen LogP contribution < -0.4 is 0 Å². The third kappa shape index (κ3) is 2.94. The van der Waals surface area contributed by atoms with Crippen LogP contribution in [0, 0.1) is 11.3 Å². The van der Waals surface area contributed by atoms with Crippen molar-refractivity contribution < 1.29 is 4.79 Å². The van der Waals surface area contributed by atoms with Gasteiger partial charge in [-0.15, -0.1) is 0 Å². The molecule has 0 fully saturated rings. The number of para-hydroxylation sites is 1. The zero-order valence-corrected chi connectivity index (χ0v) is 11.7. The number of hydrogen-bond acceptors (Lipinski definition) is 3. The van der Waals surface area contributed by atoms with Crippen molar-refractivity contribution >= 4 is 16.8 Å². The van der Waals surface area contributed by atoms with Gasteiger partial charge in [-0.1, -0.05) is 24.3 Å². The number of rotatable bonds is 4. The predicted molar refractivity (Wildman–Crippen MR) is 78.1 cm³/mol. The fraction of sp³-hybridized carbons (Fsp3) is 0.312. The molecule has 0 N–H and O–H groups in total. The van der Waals surface area contributed by atoms with Crippen molar-refractivity contribution in [3.63, 3.8) is 0 Å². The second kappa shape index (κ2) is 6.16. The van der Waals surface area contributed by atoms with Crippen LogP contribution in [0.4, 0.5) is 0 Å². The summed E-state index contributed by atoms with van der Waals surface area (Å²) in [5.74, 6) is -0.124. The maximum Gasteiger partial charge on any atom is 0.272 e. The summed E-state index contributed by atoms with van der Waals surface area (Å²) in [7, 11) is 0. The first-order valence-corrected chi connectivity index (χ1v) is 6.67. The Morgan fingerprint density at radius 3 is 2.75 bits per heavy atom. The third-order valence-electron chi connectivity index (χ3n) is 3.17. The minimum atomic E-state index is -0.124. The van der Waals surface area contributed by atoms with Gasteiger partial charge in [-0.3, -0.25) is 4.79 Å². The highest BCUT2D eigenvalue weighted by atomic mass is 16.2. The van der Waals surface area contributed by atoms with Gasteiger partial charge in [0, 0.05) is 18.0 Å². The van der Waals surface area contributed by atoms with E-state index in [0.29, 0.717) is 18.7 Å². The van der Waals surface area contributed by atoms with Crippen LogP contribution in [0.2, 0.25) is 0 Å². The zero-order chi connectivity index (χ0) is 14.5. The number of fused-ring (bicyclic) bond motifs is 1. The van der Waals surface area contributed by atoms with Crippen molar-refractivity contribution in [3.05, 3.63) is 42.1 Å². The number of aromatic nitrogens is 1. The summed E-state index contributed by atoms with van der Waals surface area (Å²) >= 11 is 0. The van der Waals surface area contributed by atoms with E-state index in [2.05, 4.69) is 11.1 Å². The van der Waals surface area contributed by atoms with Gasteiger partial charge in [0.1, 0.15) is 5.69 Å². The molecule has 102 valence electrons. The Bertz CT molecular complexity index is 658. The van der Waals surface area contributed by atoms with Crippen LogP contribution in [0.3, 0.4) is 0 Å². The molecule has 1 amide bonds. The second-order valence-electron chi connectivity index (χ2n) is 4.89. The molecule has 2 rings (SSSR count). The Hall–Kier alpha value is -2.41. The highest BCUT2D eigenvalue weighted by Gasteiger charge is 2.19. The molecule has 0 saturated heterocycles. The van der Waals surface area contributed by atoms with Crippen LogP contribution in [0.15, 0.2) is 36.4 Å². The molecule has 1 heterocycles. The van der Waals surface area contributed by atoms with Crippen molar-refractivity contribution in [3.8, 4) is 6.07 Å². The minimum absolute atomic E-state index is 0.0455. The monoisotopic (exact) mass is 267 g/mol. The highest BCUT2D eigenvalue weighted by molar-refractivity contribution is 5.95. The molecule has 0 spiro atoms. The average molecular weight is 267 g/mol. The molecular formula is C16H17N3O. The van der Waals surface area contributed by atoms with Gasteiger partial charge < -0.3 is 4.90 Å². The molecule has 0 saturated carbocycles. The predicted octanol–water partition coefficient (Wildman–Crippen LogP) is 3.00. The summed E-state index contributed by atoms with van der Waals surface area (Å²) < 4.78 is 0. The Morgan fingerprint density at radius 2 is 2.05 bits per heavy atom. The Morgan fingerprint density at radius 1 is 1.30 bits per heavy atom. The summed E-state index contributed by atoms with van der Waals surface area (Å²) in [6.45, 7) is 4.31. The standard InChI is InChI=1S/C16H17N3O/c1-12(2)19(11-5-10-17)16(20)15-9-8-13-6-3-4-7-14(13)18-15/h3-4,6-9,12H,5,11H2,1-2H3. The average Bonchev–Trinajstić information content (AvgIpc) is 2.46. The number of nitrogens with zero attached hydrogens (tertiary/aromatic N) is 3. The fourth-order valence-electron chi connectivity index (χ4n) is 2.10. The number of carbonyl (C=O) groups is 1. The second-order valence-corrected chi connectivity index (χ2v) is 4.89. The zero-order valence-electron chi connectivity index (χ0n) is 11.7. The Balaban J connectivity index is 2.31. The van der Waals surface area contributed by atoms with Crippen LogP contribution >= 0.6 is 0 Å². The van der Waals surface area contributed by atoms with E-state index in [1.54, 1.807) is 11.0 Å². The topological polar surface area (TPSA) is 57.0 Å². The maximum absolute atomic E-state index is 12.5. The van der Waals surface area contributed by atoms with E-state index < -0.39 is 0 Å². The van der Waals surface area contributed by atoms with E-state index in [9.17, 15) is 4.79 Å². The number of hydrogen-bond donors (Lipinski definition) is 0. The summed E-state index contributed by atoms with van der Waals surface area (Å²) in [6.07, 6.45) is 0.331. The largest absolute Gasteiger partial charge is 0.334 e. The van der Waals surface area contributed by atoms with Crippen molar-refractivity contribution in [2.24, 2.45) is 0 Å². The molecule has 1 aromatic heterocycles. The van der Waals surface area contributed by atoms with Gasteiger partial charge >= 0.3 is 0 Å². The van der Waals surface area contributed by atoms with E-state index in [0.717, 1.165) is 10.9 Å². The van der Waals surface area contributed by atoms with Crippen LogP contribution in [0.25, 0.3) is 10.9 Å². The number of nitriles is 1. The highest BCUT2D eigenvalue weighted by Crippen LogP contribution is 2.14. The van der Waals surface area contributed by atoms with Crippen LogP contribution in [-0.2, 0) is 0 Å². The molecule has 0 bridgehead atoms. The lowest BCUT2D eigenvalue weighted by atomic mass is 10.2. The van der Waals surface area contributed by atoms with Gasteiger partial charge in [0.05, 0.1) is 18.0 Å². The molecule has 2 aromatic rings. The molecule has 0 aliphatic rings. The van der Waals surface area contributed by atoms with Gasteiger partial charge in [0.2, 0.25) is 0 Å². The molecule has 0 unspecified atom stereocenters. The van der Waals surface area contributed by atoms with Gasteiger partial charge in [0.25, 0.3) is 5.91 Å².